The predicted octanol–water partition coefficient (Wildman–Crippen LogP) is 6.61. The first kappa shape index (κ1) is 34.1. The van der Waals surface area contributed by atoms with Crippen LogP contribution < -0.4 is 0 Å². The zero-order valence-electron chi connectivity index (χ0n) is 23.4. The number of allylic oxidation sites excluding steroid dienone is 2. The third kappa shape index (κ3) is 14.6. The number of aliphatic carboxylic acids is 3. The van der Waals surface area contributed by atoms with E-state index >= 15 is 0 Å². The van der Waals surface area contributed by atoms with Crippen molar-refractivity contribution in [2.24, 2.45) is 17.8 Å². The quantitative estimate of drug-likeness (QED) is 0.0762. The minimum atomic E-state index is -0.892. The lowest BCUT2D eigenvalue weighted by atomic mass is 9.95. The molecule has 0 aromatic heterocycles. The van der Waals surface area contributed by atoms with E-state index in [1.54, 1.807) is 0 Å². The normalized spacial score (nSPS) is 15.9. The Balaban J connectivity index is 5.22. The van der Waals surface area contributed by atoms with Crippen molar-refractivity contribution in [1.82, 2.24) is 0 Å². The highest BCUT2D eigenvalue weighted by Crippen LogP contribution is 2.25. The third-order valence-electron chi connectivity index (χ3n) is 7.50. The molecule has 7 nitrogen and oxygen atoms in total. The fourth-order valence-electron chi connectivity index (χ4n) is 5.10. The Morgan fingerprint density at radius 1 is 0.583 bits per heavy atom. The van der Waals surface area contributed by atoms with Crippen molar-refractivity contribution in [3.05, 3.63) is 12.2 Å². The minimum absolute atomic E-state index is 0.256. The van der Waals surface area contributed by atoms with E-state index < -0.39 is 35.7 Å². The van der Waals surface area contributed by atoms with Crippen molar-refractivity contribution in [2.45, 2.75) is 111 Å². The molecular weight excluding hydrogens is 458 g/mol. The highest BCUT2D eigenvalue weighted by atomic mass is 16.4. The van der Waals surface area contributed by atoms with Crippen LogP contribution in [0, 0.1) is 17.8 Å². The van der Waals surface area contributed by atoms with Crippen LogP contribution in [0.2, 0.25) is 0 Å². The van der Waals surface area contributed by atoms with E-state index in [0.717, 1.165) is 38.5 Å². The Labute approximate surface area is 219 Å². The highest BCUT2D eigenvalue weighted by molar-refractivity contribution is 5.71. The van der Waals surface area contributed by atoms with Gasteiger partial charge in [-0.2, -0.15) is 0 Å². The molecule has 0 amide bonds. The highest BCUT2D eigenvalue weighted by Gasteiger charge is 2.40. The van der Waals surface area contributed by atoms with Crippen LogP contribution in [-0.2, 0) is 14.4 Å². The van der Waals surface area contributed by atoms with Crippen molar-refractivity contribution in [3.63, 3.8) is 0 Å². The summed E-state index contributed by atoms with van der Waals surface area (Å²) in [4.78, 5) is 35.7. The molecule has 0 aliphatic heterocycles. The number of nitrogens with zero attached hydrogens (tertiary/aromatic N) is 1. The lowest BCUT2D eigenvalue weighted by molar-refractivity contribution is -0.935. The smallest absolute Gasteiger partial charge is 0.312 e. The average molecular weight is 513 g/mol. The van der Waals surface area contributed by atoms with E-state index in [-0.39, 0.29) is 24.1 Å². The van der Waals surface area contributed by atoms with Crippen LogP contribution in [0.1, 0.15) is 111 Å². The molecule has 0 radical (unpaired) electrons. The molecule has 0 saturated heterocycles. The predicted molar refractivity (Wildman–Crippen MR) is 145 cm³/mol. The number of rotatable bonds is 24. The SMILES string of the molecule is CC/C=C/CCCCCCCCCC[N+](CC(CC)C(=O)O)(CC(CC)C(=O)O)CC(CC)C(=O)O. The van der Waals surface area contributed by atoms with Crippen molar-refractivity contribution < 1.29 is 34.2 Å². The monoisotopic (exact) mass is 512 g/mol. The van der Waals surface area contributed by atoms with Gasteiger partial charge in [0, 0.05) is 0 Å². The van der Waals surface area contributed by atoms with Gasteiger partial charge >= 0.3 is 17.9 Å². The maximum absolute atomic E-state index is 11.9. The molecule has 0 saturated carbocycles. The summed E-state index contributed by atoms with van der Waals surface area (Å²) in [5, 5.41) is 29.3. The average Bonchev–Trinajstić information content (AvgIpc) is 2.84. The molecule has 3 unspecified atom stereocenters. The fourth-order valence-corrected chi connectivity index (χ4v) is 5.10. The second kappa shape index (κ2) is 20.2. The second-order valence-corrected chi connectivity index (χ2v) is 10.4. The largest absolute Gasteiger partial charge is 0.481 e. The van der Waals surface area contributed by atoms with Gasteiger partial charge in [-0.15, -0.1) is 0 Å². The van der Waals surface area contributed by atoms with E-state index in [2.05, 4.69) is 19.1 Å². The van der Waals surface area contributed by atoms with Gasteiger partial charge in [-0.1, -0.05) is 72.0 Å². The van der Waals surface area contributed by atoms with E-state index in [9.17, 15) is 29.7 Å². The lowest BCUT2D eigenvalue weighted by Gasteiger charge is -2.43. The maximum atomic E-state index is 11.9. The van der Waals surface area contributed by atoms with Gasteiger partial charge in [-0.25, -0.2) is 0 Å². The van der Waals surface area contributed by atoms with Gasteiger partial charge in [0.15, 0.2) is 0 Å². The summed E-state index contributed by atoms with van der Waals surface area (Å²) in [5.41, 5.74) is 0. The molecule has 0 fully saturated rings. The molecule has 0 aliphatic carbocycles. The maximum Gasteiger partial charge on any atom is 0.312 e. The van der Waals surface area contributed by atoms with E-state index in [1.807, 2.05) is 20.8 Å². The number of hydrogen-bond acceptors (Lipinski definition) is 3. The molecular formula is C29H54NO6+. The first-order chi connectivity index (χ1) is 17.2. The summed E-state index contributed by atoms with van der Waals surface area (Å²) >= 11 is 0. The Kier molecular flexibility index (Phi) is 19.1. The topological polar surface area (TPSA) is 112 Å². The van der Waals surface area contributed by atoms with Gasteiger partial charge in [0.05, 0.1) is 26.2 Å². The van der Waals surface area contributed by atoms with E-state index in [1.165, 1.54) is 25.7 Å². The molecule has 7 heteroatoms. The Bertz CT molecular complexity index is 588. The lowest BCUT2D eigenvalue weighted by Crippen LogP contribution is -2.58. The Morgan fingerprint density at radius 2 is 0.944 bits per heavy atom. The van der Waals surface area contributed by atoms with Crippen LogP contribution in [0.5, 0.6) is 0 Å². The van der Waals surface area contributed by atoms with Crippen LogP contribution in [0.25, 0.3) is 0 Å². The first-order valence-electron chi connectivity index (χ1n) is 14.3. The summed E-state index contributed by atoms with van der Waals surface area (Å²) in [6, 6.07) is 0. The number of carboxylic acid groups (broad SMARTS) is 3. The van der Waals surface area contributed by atoms with E-state index in [4.69, 9.17) is 0 Å². The summed E-state index contributed by atoms with van der Waals surface area (Å²) in [5.74, 6) is -4.52. The molecule has 0 heterocycles. The zero-order valence-corrected chi connectivity index (χ0v) is 23.4. The molecule has 0 bridgehead atoms. The van der Waals surface area contributed by atoms with Crippen LogP contribution in [-0.4, -0.2) is 63.9 Å². The van der Waals surface area contributed by atoms with Crippen molar-refractivity contribution in [1.29, 1.82) is 0 Å². The molecule has 0 spiro atoms. The summed E-state index contributed by atoms with van der Waals surface area (Å²) in [6.45, 7) is 9.12. The van der Waals surface area contributed by atoms with Crippen LogP contribution in [0.3, 0.4) is 0 Å². The summed E-state index contributed by atoms with van der Waals surface area (Å²) in [6.07, 6.45) is 17.1. The molecule has 0 aromatic rings. The van der Waals surface area contributed by atoms with Gasteiger partial charge in [0.2, 0.25) is 0 Å². The van der Waals surface area contributed by atoms with Gasteiger partial charge in [0.1, 0.15) is 17.8 Å². The molecule has 0 rings (SSSR count). The molecule has 210 valence electrons. The minimum Gasteiger partial charge on any atom is -0.481 e. The summed E-state index contributed by atoms with van der Waals surface area (Å²) in [7, 11) is 0. The number of quaternary nitrogens is 1. The van der Waals surface area contributed by atoms with E-state index in [0.29, 0.717) is 25.8 Å². The van der Waals surface area contributed by atoms with Gasteiger partial charge < -0.3 is 19.8 Å². The number of carbonyl (C=O) groups is 3. The fraction of sp³-hybridized carbons (Fsp3) is 0.828. The Morgan fingerprint density at radius 3 is 1.28 bits per heavy atom. The standard InChI is InChI=1S/C29H53NO6/c1-5-9-10-11-12-13-14-15-16-17-18-19-20-30(21-24(6-2)27(31)32,22-25(7-3)28(33)34)23-26(8-4)29(35)36/h9-10,24-26H,5-8,11-23H2,1-4H3,(H2-,31,32,33,34,35,36)/p+1/b10-9+. The second-order valence-electron chi connectivity index (χ2n) is 10.4. The van der Waals surface area contributed by atoms with Gasteiger partial charge in [0.25, 0.3) is 0 Å². The van der Waals surface area contributed by atoms with Crippen LogP contribution in [0.4, 0.5) is 0 Å². The van der Waals surface area contributed by atoms with Crippen LogP contribution in [0.15, 0.2) is 12.2 Å². The molecule has 0 aliphatic rings. The number of unbranched alkanes of at least 4 members (excludes halogenated alkanes) is 8. The summed E-state index contributed by atoms with van der Waals surface area (Å²) < 4.78 is 0.256. The molecule has 0 aromatic carbocycles. The van der Waals surface area contributed by atoms with Crippen molar-refractivity contribution >= 4 is 17.9 Å². The molecule has 3 N–H and O–H groups in total. The third-order valence-corrected chi connectivity index (χ3v) is 7.50. The van der Waals surface area contributed by atoms with Gasteiger partial charge in [-0.3, -0.25) is 14.4 Å². The van der Waals surface area contributed by atoms with Crippen molar-refractivity contribution in [2.75, 3.05) is 26.2 Å². The van der Waals surface area contributed by atoms with Crippen molar-refractivity contribution in [3.8, 4) is 0 Å². The molecule has 36 heavy (non-hydrogen) atoms. The van der Waals surface area contributed by atoms with Crippen LogP contribution >= 0.6 is 0 Å². The van der Waals surface area contributed by atoms with Gasteiger partial charge in [-0.05, 0) is 51.4 Å². The zero-order chi connectivity index (χ0) is 27.4. The molecule has 3 atom stereocenters. The number of hydrogen-bond donors (Lipinski definition) is 3. The number of carboxylic acids is 3. The Hall–Kier alpha value is -1.89. The first-order valence-corrected chi connectivity index (χ1v) is 14.3.